The van der Waals surface area contributed by atoms with Gasteiger partial charge in [0.05, 0.1) is 19.0 Å². The van der Waals surface area contributed by atoms with Crippen molar-refractivity contribution in [2.75, 3.05) is 6.61 Å². The van der Waals surface area contributed by atoms with E-state index in [0.717, 1.165) is 0 Å². The van der Waals surface area contributed by atoms with Gasteiger partial charge in [0.1, 0.15) is 0 Å². The number of hydrogen-bond acceptors (Lipinski definition) is 5. The smallest absolute Gasteiger partial charge is 0.293 e. The molecule has 0 unspecified atom stereocenters. The molecule has 60 valence electrons. The highest BCUT2D eigenvalue weighted by molar-refractivity contribution is 5.36. The summed E-state index contributed by atoms with van der Waals surface area (Å²) < 4.78 is 4.15. The second-order valence-corrected chi connectivity index (χ2v) is 1.36. The van der Waals surface area contributed by atoms with Crippen molar-refractivity contribution < 1.29 is 9.53 Å². The van der Waals surface area contributed by atoms with Crippen molar-refractivity contribution in [3.8, 4) is 0 Å². The molecule has 0 aliphatic heterocycles. The van der Waals surface area contributed by atoms with Crippen molar-refractivity contribution in [1.29, 1.82) is 0 Å². The highest BCUT2D eigenvalue weighted by Crippen LogP contribution is 1.61. The fourth-order valence-corrected chi connectivity index (χ4v) is 0.273. The predicted molar refractivity (Wildman–Crippen MR) is 37.5 cm³/mol. The summed E-state index contributed by atoms with van der Waals surface area (Å²) in [5, 5.41) is 10.1. The van der Waals surface area contributed by atoms with Gasteiger partial charge in [0, 0.05) is 0 Å². The van der Waals surface area contributed by atoms with Gasteiger partial charge < -0.3 is 4.74 Å². The molecule has 0 amide bonds. The molecule has 5 nitrogen and oxygen atoms in total. The van der Waals surface area contributed by atoms with Gasteiger partial charge in [0.15, 0.2) is 0 Å². The third-order valence-electron chi connectivity index (χ3n) is 0.643. The minimum absolute atomic E-state index is 0.431. The van der Waals surface area contributed by atoms with Crippen LogP contribution in [0.4, 0.5) is 0 Å². The molecule has 0 saturated carbocycles. The minimum atomic E-state index is 0.431. The number of nitrogens with zero attached hydrogens (tertiary/aromatic N) is 3. The van der Waals surface area contributed by atoms with Gasteiger partial charge in [0.2, 0.25) is 0 Å². The van der Waals surface area contributed by atoms with Crippen LogP contribution in [0.3, 0.4) is 0 Å². The van der Waals surface area contributed by atoms with E-state index >= 15 is 0 Å². The minimum Gasteiger partial charge on any atom is -0.468 e. The average Bonchev–Trinajstić information content (AvgIpc) is 2.10. The Hall–Kier alpha value is -1.52. The van der Waals surface area contributed by atoms with Crippen LogP contribution in [0.1, 0.15) is 6.92 Å². The Morgan fingerprint density at radius 1 is 1.45 bits per heavy atom. The summed E-state index contributed by atoms with van der Waals surface area (Å²) in [6.07, 6.45) is 3.15. The average molecular weight is 155 g/mol. The Morgan fingerprint density at radius 2 is 2.09 bits per heavy atom. The Morgan fingerprint density at radius 3 is 2.18 bits per heavy atom. The molecule has 0 aliphatic rings. The standard InChI is InChI=1S/C3H3N3.C3H6O2/c1-2-4-6-5-3-1;1-2-5-3-4/h1-3H;3H,2H2,1H3. The van der Waals surface area contributed by atoms with Gasteiger partial charge in [-0.25, -0.2) is 0 Å². The molecule has 0 spiro atoms. The van der Waals surface area contributed by atoms with Crippen molar-refractivity contribution in [1.82, 2.24) is 15.4 Å². The first kappa shape index (κ1) is 9.48. The third kappa shape index (κ3) is 8.48. The predicted octanol–water partition coefficient (Wildman–Crippen LogP) is 0.0509. The topological polar surface area (TPSA) is 65.0 Å². The van der Waals surface area contributed by atoms with Crippen molar-refractivity contribution in [3.05, 3.63) is 18.5 Å². The molecule has 0 saturated heterocycles. The van der Waals surface area contributed by atoms with Gasteiger partial charge >= 0.3 is 0 Å². The number of ether oxygens (including phenoxy) is 1. The first-order valence-electron chi connectivity index (χ1n) is 3.05. The maximum atomic E-state index is 9.18. The summed E-state index contributed by atoms with van der Waals surface area (Å²) in [6.45, 7) is 2.66. The fraction of sp³-hybridized carbons (Fsp3) is 0.333. The molecule has 1 aromatic rings. The normalized spacial score (nSPS) is 7.36. The molecule has 1 aromatic heterocycles. The zero-order valence-corrected chi connectivity index (χ0v) is 6.17. The maximum Gasteiger partial charge on any atom is 0.293 e. The highest BCUT2D eigenvalue weighted by atomic mass is 16.5. The molecule has 1 rings (SSSR count). The van der Waals surface area contributed by atoms with Crippen LogP contribution in [0, 0.1) is 0 Å². The molecular weight excluding hydrogens is 146 g/mol. The summed E-state index contributed by atoms with van der Waals surface area (Å²) in [5.41, 5.74) is 0. The molecule has 0 bridgehead atoms. The molecule has 0 fully saturated rings. The first-order valence-corrected chi connectivity index (χ1v) is 3.05. The Balaban J connectivity index is 0.000000187. The van der Waals surface area contributed by atoms with E-state index in [0.29, 0.717) is 13.1 Å². The van der Waals surface area contributed by atoms with Crippen LogP contribution in [0.2, 0.25) is 0 Å². The monoisotopic (exact) mass is 155 g/mol. The van der Waals surface area contributed by atoms with Crippen molar-refractivity contribution in [3.63, 3.8) is 0 Å². The van der Waals surface area contributed by atoms with Crippen molar-refractivity contribution in [2.45, 2.75) is 6.92 Å². The van der Waals surface area contributed by atoms with Crippen LogP contribution in [-0.4, -0.2) is 28.5 Å². The first-order chi connectivity index (χ1) is 5.41. The number of rotatable bonds is 2. The Labute approximate surface area is 64.4 Å². The second-order valence-electron chi connectivity index (χ2n) is 1.36. The van der Waals surface area contributed by atoms with Gasteiger partial charge in [-0.3, -0.25) is 4.79 Å². The molecule has 1 heterocycles. The zero-order valence-electron chi connectivity index (χ0n) is 6.17. The van der Waals surface area contributed by atoms with E-state index in [9.17, 15) is 4.79 Å². The zero-order chi connectivity index (χ0) is 8.36. The summed E-state index contributed by atoms with van der Waals surface area (Å²) in [6, 6.07) is 1.72. The Kier molecular flexibility index (Phi) is 7.31. The number of aromatic nitrogens is 3. The van der Waals surface area contributed by atoms with Crippen molar-refractivity contribution >= 4 is 6.47 Å². The molecule has 0 aliphatic carbocycles. The van der Waals surface area contributed by atoms with Gasteiger partial charge in [-0.05, 0) is 18.2 Å². The van der Waals surface area contributed by atoms with E-state index in [-0.39, 0.29) is 0 Å². The SMILES string of the molecule is CCOC=O.c1cnnnc1. The van der Waals surface area contributed by atoms with Gasteiger partial charge in [-0.2, -0.15) is 0 Å². The van der Waals surface area contributed by atoms with Crippen LogP contribution < -0.4 is 0 Å². The highest BCUT2D eigenvalue weighted by Gasteiger charge is 1.61. The van der Waals surface area contributed by atoms with Crippen molar-refractivity contribution in [2.24, 2.45) is 0 Å². The van der Waals surface area contributed by atoms with Gasteiger partial charge in [-0.15, -0.1) is 10.2 Å². The van der Waals surface area contributed by atoms with Crippen LogP contribution in [0.15, 0.2) is 18.5 Å². The van der Waals surface area contributed by atoms with E-state index in [1.54, 1.807) is 25.4 Å². The number of hydrogen-bond donors (Lipinski definition) is 0. The Bertz CT molecular complexity index is 142. The summed E-state index contributed by atoms with van der Waals surface area (Å²) in [5.74, 6) is 0. The van der Waals surface area contributed by atoms with Gasteiger partial charge in [-0.1, -0.05) is 0 Å². The van der Waals surface area contributed by atoms with Crippen LogP contribution in [-0.2, 0) is 9.53 Å². The van der Waals surface area contributed by atoms with E-state index in [4.69, 9.17) is 0 Å². The molecule has 0 radical (unpaired) electrons. The summed E-state index contributed by atoms with van der Waals surface area (Å²) >= 11 is 0. The molecule has 0 aromatic carbocycles. The second kappa shape index (κ2) is 8.48. The number of carbonyl (C=O) groups excluding carboxylic acids is 1. The quantitative estimate of drug-likeness (QED) is 0.564. The largest absolute Gasteiger partial charge is 0.468 e. The van der Waals surface area contributed by atoms with E-state index < -0.39 is 0 Å². The summed E-state index contributed by atoms with van der Waals surface area (Å²) in [7, 11) is 0. The lowest BCUT2D eigenvalue weighted by Crippen LogP contribution is -1.80. The molecule has 0 atom stereocenters. The molecular formula is C6H9N3O2. The lowest BCUT2D eigenvalue weighted by Gasteiger charge is -1.79. The third-order valence-corrected chi connectivity index (χ3v) is 0.643. The lowest BCUT2D eigenvalue weighted by atomic mass is 10.7. The van der Waals surface area contributed by atoms with Crippen LogP contribution >= 0.6 is 0 Å². The van der Waals surface area contributed by atoms with E-state index in [1.165, 1.54) is 0 Å². The van der Waals surface area contributed by atoms with Crippen LogP contribution in [0.25, 0.3) is 0 Å². The summed E-state index contributed by atoms with van der Waals surface area (Å²) in [4.78, 5) is 9.18. The lowest BCUT2D eigenvalue weighted by molar-refractivity contribution is -0.128. The van der Waals surface area contributed by atoms with Crippen LogP contribution in [0.5, 0.6) is 0 Å². The molecule has 0 N–H and O–H groups in total. The molecule has 11 heavy (non-hydrogen) atoms. The number of carbonyl (C=O) groups is 1. The van der Waals surface area contributed by atoms with E-state index in [1.807, 2.05) is 0 Å². The molecule has 5 heteroatoms. The van der Waals surface area contributed by atoms with Gasteiger partial charge in [0.25, 0.3) is 6.47 Å². The maximum absolute atomic E-state index is 9.18. The van der Waals surface area contributed by atoms with E-state index in [2.05, 4.69) is 20.1 Å². The fourth-order valence-electron chi connectivity index (χ4n) is 0.273.